The highest BCUT2D eigenvalue weighted by Gasteiger charge is 2.03. The zero-order valence-electron chi connectivity index (χ0n) is 11.2. The fourth-order valence-electron chi connectivity index (χ4n) is 1.60. The summed E-state index contributed by atoms with van der Waals surface area (Å²) in [6.07, 6.45) is 1.43. The Balaban J connectivity index is 2.06. The van der Waals surface area contributed by atoms with E-state index in [1.165, 1.54) is 31.5 Å². The standard InChI is InChI=1S/C14H13N3O4/c1-21-13-6-7-14(18)10(8-13)9-15-16-11-2-4-12(5-3-11)17(19)20/h2-9,16,18H,1H3/b15-9+. The van der Waals surface area contributed by atoms with E-state index in [2.05, 4.69) is 10.5 Å². The van der Waals surface area contributed by atoms with Crippen molar-refractivity contribution in [3.8, 4) is 11.5 Å². The predicted molar refractivity (Wildman–Crippen MR) is 79.0 cm³/mol. The number of ether oxygens (including phenoxy) is 1. The summed E-state index contributed by atoms with van der Waals surface area (Å²) in [4.78, 5) is 10.1. The monoisotopic (exact) mass is 287 g/mol. The lowest BCUT2D eigenvalue weighted by molar-refractivity contribution is -0.384. The van der Waals surface area contributed by atoms with Gasteiger partial charge in [0.15, 0.2) is 0 Å². The lowest BCUT2D eigenvalue weighted by atomic mass is 10.2. The first-order valence-corrected chi connectivity index (χ1v) is 6.00. The summed E-state index contributed by atoms with van der Waals surface area (Å²) < 4.78 is 5.05. The van der Waals surface area contributed by atoms with Crippen LogP contribution in [0.25, 0.3) is 0 Å². The molecule has 0 amide bonds. The van der Waals surface area contributed by atoms with E-state index >= 15 is 0 Å². The van der Waals surface area contributed by atoms with Crippen molar-refractivity contribution in [2.45, 2.75) is 0 Å². The Hall–Kier alpha value is -3.09. The van der Waals surface area contributed by atoms with Gasteiger partial charge in [0.2, 0.25) is 0 Å². The fourth-order valence-corrected chi connectivity index (χ4v) is 1.60. The van der Waals surface area contributed by atoms with E-state index in [0.717, 1.165) is 0 Å². The van der Waals surface area contributed by atoms with Crippen LogP contribution in [-0.2, 0) is 0 Å². The maximum atomic E-state index is 10.5. The number of nitrogens with zero attached hydrogens (tertiary/aromatic N) is 2. The van der Waals surface area contributed by atoms with E-state index in [1.807, 2.05) is 0 Å². The minimum absolute atomic E-state index is 0.00923. The number of anilines is 1. The molecule has 2 rings (SSSR count). The van der Waals surface area contributed by atoms with Crippen LogP contribution in [-0.4, -0.2) is 23.4 Å². The van der Waals surface area contributed by atoms with Gasteiger partial charge >= 0.3 is 0 Å². The molecule has 2 aromatic carbocycles. The molecule has 0 bridgehead atoms. The molecule has 0 saturated heterocycles. The van der Waals surface area contributed by atoms with E-state index in [4.69, 9.17) is 4.74 Å². The van der Waals surface area contributed by atoms with Crippen LogP contribution in [0.5, 0.6) is 11.5 Å². The summed E-state index contributed by atoms with van der Waals surface area (Å²) in [7, 11) is 1.53. The number of methoxy groups -OCH3 is 1. The lowest BCUT2D eigenvalue weighted by Gasteiger charge is -2.03. The summed E-state index contributed by atoms with van der Waals surface area (Å²) in [5.74, 6) is 0.676. The third kappa shape index (κ3) is 3.69. The molecule has 0 saturated carbocycles. The van der Waals surface area contributed by atoms with Crippen LogP contribution in [0.15, 0.2) is 47.6 Å². The fraction of sp³-hybridized carbons (Fsp3) is 0.0714. The Bertz CT molecular complexity index is 668. The third-order valence-electron chi connectivity index (χ3n) is 2.71. The van der Waals surface area contributed by atoms with E-state index < -0.39 is 4.92 Å². The van der Waals surface area contributed by atoms with Crippen molar-refractivity contribution in [3.63, 3.8) is 0 Å². The van der Waals surface area contributed by atoms with Gasteiger partial charge < -0.3 is 9.84 Å². The third-order valence-corrected chi connectivity index (χ3v) is 2.71. The number of non-ortho nitro benzene ring substituents is 1. The molecule has 0 aliphatic carbocycles. The highest BCUT2D eigenvalue weighted by molar-refractivity contribution is 5.84. The molecule has 0 aromatic heterocycles. The summed E-state index contributed by atoms with van der Waals surface area (Å²) in [5.41, 5.74) is 3.81. The average Bonchev–Trinajstić information content (AvgIpc) is 2.49. The second-order valence-electron chi connectivity index (χ2n) is 4.10. The van der Waals surface area contributed by atoms with Crippen molar-refractivity contribution < 1.29 is 14.8 Å². The molecular weight excluding hydrogens is 274 g/mol. The minimum Gasteiger partial charge on any atom is -0.507 e. The molecule has 2 N–H and O–H groups in total. The topological polar surface area (TPSA) is 97.0 Å². The quantitative estimate of drug-likeness (QED) is 0.500. The number of hydrazone groups is 1. The Morgan fingerprint density at radius 2 is 2.00 bits per heavy atom. The lowest BCUT2D eigenvalue weighted by Crippen LogP contribution is -1.93. The molecule has 2 aromatic rings. The molecule has 0 spiro atoms. The number of hydrogen-bond acceptors (Lipinski definition) is 6. The predicted octanol–water partition coefficient (Wildman–Crippen LogP) is 2.76. The zero-order chi connectivity index (χ0) is 15.2. The molecule has 0 unspecified atom stereocenters. The summed E-state index contributed by atoms with van der Waals surface area (Å²) in [6.45, 7) is 0. The molecule has 7 nitrogen and oxygen atoms in total. The van der Waals surface area contributed by atoms with E-state index in [-0.39, 0.29) is 11.4 Å². The van der Waals surface area contributed by atoms with Crippen LogP contribution in [0, 0.1) is 10.1 Å². The minimum atomic E-state index is -0.471. The number of nitro benzene ring substituents is 1. The highest BCUT2D eigenvalue weighted by Crippen LogP contribution is 2.21. The number of hydrogen-bond donors (Lipinski definition) is 2. The van der Waals surface area contributed by atoms with Gasteiger partial charge in [-0.05, 0) is 30.3 Å². The van der Waals surface area contributed by atoms with Crippen molar-refractivity contribution in [1.82, 2.24) is 0 Å². The molecule has 0 heterocycles. The number of benzene rings is 2. The van der Waals surface area contributed by atoms with Gasteiger partial charge in [0, 0.05) is 17.7 Å². The van der Waals surface area contributed by atoms with Gasteiger partial charge in [0.25, 0.3) is 5.69 Å². The Kier molecular flexibility index (Phi) is 4.35. The SMILES string of the molecule is COc1ccc(O)c(/C=N/Nc2ccc([N+](=O)[O-])cc2)c1. The molecule has 0 aliphatic rings. The zero-order valence-corrected chi connectivity index (χ0v) is 11.2. The number of aromatic hydroxyl groups is 1. The van der Waals surface area contributed by atoms with Gasteiger partial charge in [0.1, 0.15) is 11.5 Å². The largest absolute Gasteiger partial charge is 0.507 e. The molecule has 7 heteroatoms. The van der Waals surface area contributed by atoms with Crippen molar-refractivity contribution >= 4 is 17.6 Å². The highest BCUT2D eigenvalue weighted by atomic mass is 16.6. The molecule has 108 valence electrons. The summed E-state index contributed by atoms with van der Waals surface area (Å²) in [6, 6.07) is 10.6. The number of phenols is 1. The van der Waals surface area contributed by atoms with Gasteiger partial charge in [-0.3, -0.25) is 15.5 Å². The van der Waals surface area contributed by atoms with Crippen molar-refractivity contribution in [2.75, 3.05) is 12.5 Å². The first-order valence-electron chi connectivity index (χ1n) is 6.00. The second-order valence-corrected chi connectivity index (χ2v) is 4.10. The Morgan fingerprint density at radius 3 is 2.62 bits per heavy atom. The van der Waals surface area contributed by atoms with Gasteiger partial charge in [-0.25, -0.2) is 0 Å². The van der Waals surface area contributed by atoms with Crippen molar-refractivity contribution in [2.24, 2.45) is 5.10 Å². The van der Waals surface area contributed by atoms with E-state index in [9.17, 15) is 15.2 Å². The Labute approximate surface area is 120 Å². The van der Waals surface area contributed by atoms with Crippen LogP contribution in [0.1, 0.15) is 5.56 Å². The maximum Gasteiger partial charge on any atom is 0.269 e. The van der Waals surface area contributed by atoms with Crippen LogP contribution in [0.2, 0.25) is 0 Å². The molecule has 0 atom stereocenters. The number of rotatable bonds is 5. The van der Waals surface area contributed by atoms with Crippen LogP contribution < -0.4 is 10.2 Å². The number of nitrogens with one attached hydrogen (secondary N) is 1. The molecule has 0 fully saturated rings. The number of phenolic OH excluding ortho intramolecular Hbond substituents is 1. The van der Waals surface area contributed by atoms with Crippen molar-refractivity contribution in [1.29, 1.82) is 0 Å². The average molecular weight is 287 g/mol. The first-order chi connectivity index (χ1) is 10.1. The Morgan fingerprint density at radius 1 is 1.29 bits per heavy atom. The van der Waals surface area contributed by atoms with Gasteiger partial charge in [0.05, 0.1) is 23.9 Å². The molecule has 0 radical (unpaired) electrons. The smallest absolute Gasteiger partial charge is 0.269 e. The molecule has 21 heavy (non-hydrogen) atoms. The van der Waals surface area contributed by atoms with Gasteiger partial charge in [-0.1, -0.05) is 0 Å². The van der Waals surface area contributed by atoms with E-state index in [1.54, 1.807) is 24.3 Å². The van der Waals surface area contributed by atoms with Crippen LogP contribution in [0.4, 0.5) is 11.4 Å². The van der Waals surface area contributed by atoms with Crippen LogP contribution in [0.3, 0.4) is 0 Å². The van der Waals surface area contributed by atoms with Crippen LogP contribution >= 0.6 is 0 Å². The summed E-state index contributed by atoms with van der Waals surface area (Å²) in [5, 5.41) is 24.2. The second kappa shape index (κ2) is 6.38. The molecule has 0 aliphatic heterocycles. The number of nitro groups is 1. The van der Waals surface area contributed by atoms with E-state index in [0.29, 0.717) is 17.0 Å². The normalized spacial score (nSPS) is 10.5. The van der Waals surface area contributed by atoms with Gasteiger partial charge in [-0.15, -0.1) is 0 Å². The maximum absolute atomic E-state index is 10.5. The summed E-state index contributed by atoms with van der Waals surface area (Å²) >= 11 is 0. The molecular formula is C14H13N3O4. The van der Waals surface area contributed by atoms with Gasteiger partial charge in [-0.2, -0.15) is 5.10 Å². The van der Waals surface area contributed by atoms with Crippen molar-refractivity contribution in [3.05, 3.63) is 58.1 Å². The first kappa shape index (κ1) is 14.3.